The van der Waals surface area contributed by atoms with Crippen LogP contribution in [0.4, 0.5) is 18.9 Å². The molecule has 0 aliphatic heterocycles. The maximum atomic E-state index is 13.4. The van der Waals surface area contributed by atoms with Crippen LogP contribution < -0.4 is 5.32 Å². The fourth-order valence-electron chi connectivity index (χ4n) is 1.55. The van der Waals surface area contributed by atoms with Gasteiger partial charge in [-0.1, -0.05) is 0 Å². The zero-order valence-electron chi connectivity index (χ0n) is 10.2. The van der Waals surface area contributed by atoms with Gasteiger partial charge in [-0.25, -0.2) is 13.2 Å². The molecule has 0 fully saturated rings. The lowest BCUT2D eigenvalue weighted by Gasteiger charge is -2.07. The Kier molecular flexibility index (Phi) is 3.61. The van der Waals surface area contributed by atoms with Gasteiger partial charge in [0.2, 0.25) is 0 Å². The number of aryl methyl sites for hydroxylation is 1. The van der Waals surface area contributed by atoms with Crippen molar-refractivity contribution in [3.05, 3.63) is 51.0 Å². The van der Waals surface area contributed by atoms with Crippen LogP contribution in [-0.2, 0) is 0 Å². The predicted octanol–water partition coefficient (Wildman–Crippen LogP) is 4.03. The first-order valence-electron chi connectivity index (χ1n) is 5.41. The van der Waals surface area contributed by atoms with Crippen LogP contribution in [0, 0.1) is 31.3 Å². The molecule has 1 aromatic heterocycles. The summed E-state index contributed by atoms with van der Waals surface area (Å²) >= 11 is 1.39. The standard InChI is InChI=1S/C13H10F3NOS/c1-6-7(2)19-5-8(6)13(18)17-10-4-3-9(14)11(15)12(10)16/h3-5H,1-2H3,(H,17,18). The molecule has 0 bridgehead atoms. The van der Waals surface area contributed by atoms with Gasteiger partial charge in [-0.3, -0.25) is 4.79 Å². The summed E-state index contributed by atoms with van der Waals surface area (Å²) in [5.74, 6) is -4.85. The molecular formula is C13H10F3NOS. The van der Waals surface area contributed by atoms with Gasteiger partial charge in [0.05, 0.1) is 11.3 Å². The van der Waals surface area contributed by atoms with Crippen LogP contribution >= 0.6 is 11.3 Å². The zero-order chi connectivity index (χ0) is 14.2. The van der Waals surface area contributed by atoms with E-state index in [-0.39, 0.29) is 5.69 Å². The summed E-state index contributed by atoms with van der Waals surface area (Å²) < 4.78 is 39.2. The fourth-order valence-corrected chi connectivity index (χ4v) is 2.41. The highest BCUT2D eigenvalue weighted by Crippen LogP contribution is 2.24. The molecular weight excluding hydrogens is 275 g/mol. The fraction of sp³-hybridized carbons (Fsp3) is 0.154. The second-order valence-corrected chi connectivity index (χ2v) is 5.09. The van der Waals surface area contributed by atoms with Crippen molar-refractivity contribution in [1.82, 2.24) is 0 Å². The molecule has 1 N–H and O–H groups in total. The summed E-state index contributed by atoms with van der Waals surface area (Å²) in [6.07, 6.45) is 0. The molecule has 100 valence electrons. The Hall–Kier alpha value is -1.82. The van der Waals surface area contributed by atoms with Crippen molar-refractivity contribution in [3.8, 4) is 0 Å². The van der Waals surface area contributed by atoms with Crippen LogP contribution in [0.15, 0.2) is 17.5 Å². The average Bonchev–Trinajstić information content (AvgIpc) is 2.71. The van der Waals surface area contributed by atoms with Gasteiger partial charge in [0, 0.05) is 10.3 Å². The summed E-state index contributed by atoms with van der Waals surface area (Å²) in [7, 11) is 0. The van der Waals surface area contributed by atoms with Crippen molar-refractivity contribution in [3.63, 3.8) is 0 Å². The Labute approximate surface area is 111 Å². The first kappa shape index (κ1) is 13.6. The molecule has 0 spiro atoms. The quantitative estimate of drug-likeness (QED) is 0.829. The molecule has 1 amide bonds. The first-order chi connectivity index (χ1) is 8.91. The third-order valence-electron chi connectivity index (χ3n) is 2.81. The van der Waals surface area contributed by atoms with Crippen molar-refractivity contribution in [2.24, 2.45) is 0 Å². The van der Waals surface area contributed by atoms with Crippen LogP contribution in [0.2, 0.25) is 0 Å². The van der Waals surface area contributed by atoms with Crippen LogP contribution in [0.5, 0.6) is 0 Å². The zero-order valence-corrected chi connectivity index (χ0v) is 11.0. The minimum absolute atomic E-state index is 0.382. The summed E-state index contributed by atoms with van der Waals surface area (Å²) in [5.41, 5.74) is 0.796. The maximum Gasteiger partial charge on any atom is 0.256 e. The number of anilines is 1. The lowest BCUT2D eigenvalue weighted by atomic mass is 10.1. The predicted molar refractivity (Wildman–Crippen MR) is 68.1 cm³/mol. The Balaban J connectivity index is 2.30. The number of carbonyl (C=O) groups excluding carboxylic acids is 1. The molecule has 1 aromatic carbocycles. The number of thiophene rings is 1. The number of nitrogens with one attached hydrogen (secondary N) is 1. The van der Waals surface area contributed by atoms with E-state index in [9.17, 15) is 18.0 Å². The van der Waals surface area contributed by atoms with Gasteiger partial charge < -0.3 is 5.32 Å². The molecule has 0 radical (unpaired) electrons. The van der Waals surface area contributed by atoms with E-state index in [0.29, 0.717) is 5.56 Å². The third kappa shape index (κ3) is 2.49. The molecule has 2 rings (SSSR count). The van der Waals surface area contributed by atoms with Crippen molar-refractivity contribution in [2.75, 3.05) is 5.32 Å². The van der Waals surface area contributed by atoms with Crippen molar-refractivity contribution < 1.29 is 18.0 Å². The molecule has 0 aliphatic carbocycles. The molecule has 0 atom stereocenters. The Morgan fingerprint density at radius 3 is 2.42 bits per heavy atom. The summed E-state index contributed by atoms with van der Waals surface area (Å²) in [5, 5.41) is 3.87. The van der Waals surface area contributed by atoms with Gasteiger partial charge in [-0.15, -0.1) is 11.3 Å². The van der Waals surface area contributed by atoms with Crippen LogP contribution in [0.1, 0.15) is 20.8 Å². The maximum absolute atomic E-state index is 13.4. The van der Waals surface area contributed by atoms with E-state index < -0.39 is 23.4 Å². The van der Waals surface area contributed by atoms with Gasteiger partial charge in [0.25, 0.3) is 5.91 Å². The van der Waals surface area contributed by atoms with Crippen molar-refractivity contribution >= 4 is 22.9 Å². The van der Waals surface area contributed by atoms with Crippen LogP contribution in [-0.4, -0.2) is 5.91 Å². The second kappa shape index (κ2) is 5.05. The third-order valence-corrected chi connectivity index (χ3v) is 3.83. The molecule has 2 nitrogen and oxygen atoms in total. The number of halogens is 3. The van der Waals surface area contributed by atoms with E-state index in [1.165, 1.54) is 11.3 Å². The number of hydrogen-bond acceptors (Lipinski definition) is 2. The van der Waals surface area contributed by atoms with Crippen molar-refractivity contribution in [2.45, 2.75) is 13.8 Å². The monoisotopic (exact) mass is 285 g/mol. The molecule has 19 heavy (non-hydrogen) atoms. The van der Waals surface area contributed by atoms with E-state index >= 15 is 0 Å². The highest BCUT2D eigenvalue weighted by atomic mass is 32.1. The van der Waals surface area contributed by atoms with E-state index in [1.54, 1.807) is 12.3 Å². The number of benzene rings is 1. The van der Waals surface area contributed by atoms with Gasteiger partial charge in [-0.2, -0.15) is 0 Å². The van der Waals surface area contributed by atoms with Crippen LogP contribution in [0.3, 0.4) is 0 Å². The smallest absolute Gasteiger partial charge is 0.256 e. The molecule has 2 aromatic rings. The second-order valence-electron chi connectivity index (χ2n) is 4.01. The molecule has 6 heteroatoms. The van der Waals surface area contributed by atoms with E-state index in [0.717, 1.165) is 22.6 Å². The van der Waals surface area contributed by atoms with Crippen LogP contribution in [0.25, 0.3) is 0 Å². The summed E-state index contributed by atoms with van der Waals surface area (Å²) in [6, 6.07) is 1.75. The lowest BCUT2D eigenvalue weighted by Crippen LogP contribution is -2.14. The topological polar surface area (TPSA) is 29.1 Å². The first-order valence-corrected chi connectivity index (χ1v) is 6.29. The average molecular weight is 285 g/mol. The minimum atomic E-state index is -1.60. The number of carbonyl (C=O) groups is 1. The van der Waals surface area contributed by atoms with Gasteiger partial charge in [0.1, 0.15) is 0 Å². The lowest BCUT2D eigenvalue weighted by molar-refractivity contribution is 0.102. The largest absolute Gasteiger partial charge is 0.319 e. The van der Waals surface area contributed by atoms with Crippen molar-refractivity contribution in [1.29, 1.82) is 0 Å². The van der Waals surface area contributed by atoms with E-state index in [1.807, 2.05) is 6.92 Å². The van der Waals surface area contributed by atoms with Gasteiger partial charge >= 0.3 is 0 Å². The Morgan fingerprint density at radius 2 is 1.84 bits per heavy atom. The number of hydrogen-bond donors (Lipinski definition) is 1. The molecule has 0 aliphatic rings. The number of rotatable bonds is 2. The van der Waals surface area contributed by atoms with E-state index in [4.69, 9.17) is 0 Å². The Morgan fingerprint density at radius 1 is 1.16 bits per heavy atom. The Bertz CT molecular complexity index is 652. The minimum Gasteiger partial charge on any atom is -0.319 e. The summed E-state index contributed by atoms with van der Waals surface area (Å²) in [4.78, 5) is 12.9. The normalized spacial score (nSPS) is 10.6. The highest BCUT2D eigenvalue weighted by molar-refractivity contribution is 7.10. The molecule has 0 unspecified atom stereocenters. The van der Waals surface area contributed by atoms with E-state index in [2.05, 4.69) is 5.32 Å². The molecule has 1 heterocycles. The van der Waals surface area contributed by atoms with Gasteiger partial charge in [-0.05, 0) is 31.5 Å². The molecule has 0 saturated heterocycles. The highest BCUT2D eigenvalue weighted by Gasteiger charge is 2.18. The number of amides is 1. The van der Waals surface area contributed by atoms with Gasteiger partial charge in [0.15, 0.2) is 17.5 Å². The molecule has 0 saturated carbocycles. The summed E-state index contributed by atoms with van der Waals surface area (Å²) in [6.45, 7) is 3.62. The SMILES string of the molecule is Cc1scc(C(=O)Nc2ccc(F)c(F)c2F)c1C.